The molecule has 2 aromatic carbocycles. The maximum absolute atomic E-state index is 2.72. The van der Waals surface area contributed by atoms with Crippen molar-refractivity contribution in [2.75, 3.05) is 4.90 Å². The van der Waals surface area contributed by atoms with Crippen molar-refractivity contribution in [2.45, 2.75) is 71.4 Å². The summed E-state index contributed by atoms with van der Waals surface area (Å²) >= 11 is 0. The molecule has 1 aliphatic rings. The van der Waals surface area contributed by atoms with Gasteiger partial charge >= 0.3 is 0 Å². The summed E-state index contributed by atoms with van der Waals surface area (Å²) in [6.07, 6.45) is 3.40. The Morgan fingerprint density at radius 2 is 1.50 bits per heavy atom. The van der Waals surface area contributed by atoms with Gasteiger partial charge < -0.3 is 4.90 Å². The van der Waals surface area contributed by atoms with E-state index >= 15 is 0 Å². The van der Waals surface area contributed by atoms with Crippen LogP contribution in [0.5, 0.6) is 0 Å². The molecule has 0 amide bonds. The van der Waals surface area contributed by atoms with Crippen LogP contribution >= 0.6 is 0 Å². The zero-order valence-electron chi connectivity index (χ0n) is 15.8. The molecule has 1 fully saturated rings. The molecular formula is C23H31N. The lowest BCUT2D eigenvalue weighted by Crippen LogP contribution is -2.43. The molecule has 24 heavy (non-hydrogen) atoms. The summed E-state index contributed by atoms with van der Waals surface area (Å²) in [7, 11) is 0. The summed E-state index contributed by atoms with van der Waals surface area (Å²) in [5.41, 5.74) is 6.13. The van der Waals surface area contributed by atoms with Gasteiger partial charge in [-0.3, -0.25) is 0 Å². The van der Waals surface area contributed by atoms with Gasteiger partial charge in [0.05, 0.1) is 0 Å². The molecule has 0 N–H and O–H groups in total. The highest BCUT2D eigenvalue weighted by Crippen LogP contribution is 2.47. The minimum Gasteiger partial charge on any atom is -0.363 e. The zero-order valence-corrected chi connectivity index (χ0v) is 15.8. The fourth-order valence-corrected chi connectivity index (χ4v) is 4.67. The van der Waals surface area contributed by atoms with Gasteiger partial charge in [0.1, 0.15) is 0 Å². The van der Waals surface area contributed by atoms with Crippen molar-refractivity contribution in [1.29, 1.82) is 0 Å². The number of para-hydroxylation sites is 1. The molecular weight excluding hydrogens is 290 g/mol. The third-order valence-corrected chi connectivity index (χ3v) is 5.79. The number of benzene rings is 2. The van der Waals surface area contributed by atoms with Gasteiger partial charge in [-0.25, -0.2) is 0 Å². The minimum atomic E-state index is 0.176. The second-order valence-corrected chi connectivity index (χ2v) is 7.78. The predicted octanol–water partition coefficient (Wildman–Crippen LogP) is 5.97. The highest BCUT2D eigenvalue weighted by Gasteiger charge is 2.45. The first-order valence-corrected chi connectivity index (χ1v) is 9.44. The summed E-state index contributed by atoms with van der Waals surface area (Å²) < 4.78 is 0. The first kappa shape index (κ1) is 17.1. The Morgan fingerprint density at radius 1 is 0.917 bits per heavy atom. The Bertz CT molecular complexity index is 664. The lowest BCUT2D eigenvalue weighted by molar-refractivity contribution is 0.501. The maximum Gasteiger partial charge on any atom is 0.0438 e. The van der Waals surface area contributed by atoms with E-state index in [0.717, 1.165) is 12.8 Å². The SMILES string of the molecule is CCc1cccc(CC)c1N1[C@@H](C)C(c2ccccc2)CC1(C)C. The van der Waals surface area contributed by atoms with Gasteiger partial charge in [-0.1, -0.05) is 62.4 Å². The van der Waals surface area contributed by atoms with E-state index in [2.05, 4.69) is 88.0 Å². The minimum absolute atomic E-state index is 0.176. The van der Waals surface area contributed by atoms with E-state index in [-0.39, 0.29) is 5.54 Å². The van der Waals surface area contributed by atoms with Crippen molar-refractivity contribution < 1.29 is 0 Å². The van der Waals surface area contributed by atoms with E-state index < -0.39 is 0 Å². The van der Waals surface area contributed by atoms with Crippen LogP contribution in [-0.2, 0) is 12.8 Å². The van der Waals surface area contributed by atoms with Crippen molar-refractivity contribution in [1.82, 2.24) is 0 Å². The second-order valence-electron chi connectivity index (χ2n) is 7.78. The highest BCUT2D eigenvalue weighted by atomic mass is 15.3. The molecule has 1 nitrogen and oxygen atoms in total. The number of anilines is 1. The normalized spacial score (nSPS) is 22.8. The van der Waals surface area contributed by atoms with Crippen molar-refractivity contribution in [3.05, 3.63) is 65.2 Å². The summed E-state index contributed by atoms with van der Waals surface area (Å²) in [5.74, 6) is 0.593. The highest BCUT2D eigenvalue weighted by molar-refractivity contribution is 5.64. The lowest BCUT2D eigenvalue weighted by Gasteiger charge is -2.40. The molecule has 0 bridgehead atoms. The van der Waals surface area contributed by atoms with Gasteiger partial charge in [-0.2, -0.15) is 0 Å². The Kier molecular flexibility index (Phi) is 4.71. The number of rotatable bonds is 4. The van der Waals surface area contributed by atoms with Gasteiger partial charge in [-0.05, 0) is 56.7 Å². The number of hydrogen-bond acceptors (Lipinski definition) is 1. The van der Waals surface area contributed by atoms with Gasteiger partial charge in [0.2, 0.25) is 0 Å². The van der Waals surface area contributed by atoms with Crippen LogP contribution in [-0.4, -0.2) is 11.6 Å². The average Bonchev–Trinajstić information content (AvgIpc) is 2.84. The zero-order chi connectivity index (χ0) is 17.3. The number of hydrogen-bond donors (Lipinski definition) is 0. The monoisotopic (exact) mass is 321 g/mol. The molecule has 0 aliphatic carbocycles. The van der Waals surface area contributed by atoms with E-state index in [4.69, 9.17) is 0 Å². The number of aryl methyl sites for hydroxylation is 2. The van der Waals surface area contributed by atoms with E-state index in [1.54, 1.807) is 0 Å². The van der Waals surface area contributed by atoms with E-state index in [1.165, 1.54) is 28.8 Å². The predicted molar refractivity (Wildman–Crippen MR) is 105 cm³/mol. The Labute approximate surface area is 147 Å². The molecule has 0 aromatic heterocycles. The fourth-order valence-electron chi connectivity index (χ4n) is 4.67. The molecule has 128 valence electrons. The smallest absolute Gasteiger partial charge is 0.0438 e. The molecule has 2 aromatic rings. The topological polar surface area (TPSA) is 3.24 Å². The van der Waals surface area contributed by atoms with Crippen LogP contribution in [0.1, 0.15) is 63.6 Å². The molecule has 1 aliphatic heterocycles. The van der Waals surface area contributed by atoms with Crippen molar-refractivity contribution >= 4 is 5.69 Å². The summed E-state index contributed by atoms with van der Waals surface area (Å²) in [6, 6.07) is 18.4. The molecule has 3 rings (SSSR count). The van der Waals surface area contributed by atoms with Gasteiger partial charge in [0, 0.05) is 23.2 Å². The summed E-state index contributed by atoms with van der Waals surface area (Å²) in [4.78, 5) is 2.72. The van der Waals surface area contributed by atoms with E-state index in [1.807, 2.05) is 0 Å². The average molecular weight is 322 g/mol. The molecule has 1 saturated heterocycles. The van der Waals surface area contributed by atoms with Crippen LogP contribution in [0, 0.1) is 0 Å². The standard InChI is InChI=1S/C23H31N/c1-6-18-14-11-15-19(7-2)22(18)24-17(3)21(16-23(24,4)5)20-12-9-8-10-13-20/h8-15,17,21H,6-7,16H2,1-5H3/t17-,21?/m0/s1. The molecule has 1 unspecified atom stereocenters. The van der Waals surface area contributed by atoms with E-state index in [0.29, 0.717) is 12.0 Å². The summed E-state index contributed by atoms with van der Waals surface area (Å²) in [5, 5.41) is 0. The molecule has 2 atom stereocenters. The second kappa shape index (κ2) is 6.63. The van der Waals surface area contributed by atoms with Crippen molar-refractivity contribution in [2.24, 2.45) is 0 Å². The van der Waals surface area contributed by atoms with Gasteiger partial charge in [-0.15, -0.1) is 0 Å². The number of nitrogens with zero attached hydrogens (tertiary/aromatic N) is 1. The van der Waals surface area contributed by atoms with Gasteiger partial charge in [0.25, 0.3) is 0 Å². The van der Waals surface area contributed by atoms with Crippen LogP contribution in [0.2, 0.25) is 0 Å². The first-order valence-electron chi connectivity index (χ1n) is 9.44. The molecule has 0 radical (unpaired) electrons. The quantitative estimate of drug-likeness (QED) is 0.670. The Balaban J connectivity index is 2.08. The maximum atomic E-state index is 2.72. The third kappa shape index (κ3) is 2.85. The van der Waals surface area contributed by atoms with Crippen LogP contribution in [0.3, 0.4) is 0 Å². The third-order valence-electron chi connectivity index (χ3n) is 5.79. The molecule has 0 saturated carbocycles. The van der Waals surface area contributed by atoms with Crippen LogP contribution < -0.4 is 4.90 Å². The first-order chi connectivity index (χ1) is 11.5. The van der Waals surface area contributed by atoms with Crippen LogP contribution in [0.4, 0.5) is 5.69 Å². The molecule has 0 spiro atoms. The Hall–Kier alpha value is -1.76. The molecule has 1 heteroatoms. The summed E-state index contributed by atoms with van der Waals surface area (Å²) in [6.45, 7) is 11.8. The van der Waals surface area contributed by atoms with Crippen LogP contribution in [0.15, 0.2) is 48.5 Å². The van der Waals surface area contributed by atoms with E-state index in [9.17, 15) is 0 Å². The van der Waals surface area contributed by atoms with Crippen LogP contribution in [0.25, 0.3) is 0 Å². The van der Waals surface area contributed by atoms with Gasteiger partial charge in [0.15, 0.2) is 0 Å². The molecule has 1 heterocycles. The fraction of sp³-hybridized carbons (Fsp3) is 0.478. The van der Waals surface area contributed by atoms with Crippen molar-refractivity contribution in [3.63, 3.8) is 0 Å². The lowest BCUT2D eigenvalue weighted by atomic mass is 9.88. The Morgan fingerprint density at radius 3 is 2.04 bits per heavy atom. The van der Waals surface area contributed by atoms with Crippen molar-refractivity contribution in [3.8, 4) is 0 Å². The largest absolute Gasteiger partial charge is 0.363 e.